The molecule has 0 atom stereocenters. The summed E-state index contributed by atoms with van der Waals surface area (Å²) in [7, 11) is 0. The van der Waals surface area contributed by atoms with E-state index in [2.05, 4.69) is 9.72 Å². The predicted octanol–water partition coefficient (Wildman–Crippen LogP) is 3.87. The van der Waals surface area contributed by atoms with Crippen molar-refractivity contribution >= 4 is 28.3 Å². The van der Waals surface area contributed by atoms with Crippen LogP contribution in [0.5, 0.6) is 0 Å². The molecule has 0 saturated carbocycles. The van der Waals surface area contributed by atoms with Gasteiger partial charge < -0.3 is 14.5 Å². The normalized spacial score (nSPS) is 15.2. The summed E-state index contributed by atoms with van der Waals surface area (Å²) in [6.07, 6.45) is 1.55. The Kier molecular flexibility index (Phi) is 5.78. The second-order valence-electron chi connectivity index (χ2n) is 8.65. The monoisotopic (exact) mass is 420 g/mol. The number of aromatic nitrogens is 2. The van der Waals surface area contributed by atoms with Crippen LogP contribution in [0.25, 0.3) is 11.0 Å². The van der Waals surface area contributed by atoms with Crippen LogP contribution >= 0.6 is 0 Å². The molecule has 4 rings (SSSR count). The van der Waals surface area contributed by atoms with Crippen LogP contribution in [0.2, 0.25) is 0 Å². The predicted molar refractivity (Wildman–Crippen MR) is 121 cm³/mol. The lowest BCUT2D eigenvalue weighted by atomic mass is 10.1. The number of hydrogen-bond donors (Lipinski definition) is 1. The van der Waals surface area contributed by atoms with E-state index in [1.54, 1.807) is 4.90 Å². The fourth-order valence-corrected chi connectivity index (χ4v) is 3.71. The number of fused-ring (bicyclic) bond motifs is 2. The van der Waals surface area contributed by atoms with Gasteiger partial charge in [0, 0.05) is 18.7 Å². The van der Waals surface area contributed by atoms with Gasteiger partial charge in [0.1, 0.15) is 11.4 Å². The molecule has 7 heteroatoms. The van der Waals surface area contributed by atoms with Crippen LogP contribution in [0.4, 0.5) is 5.69 Å². The quantitative estimate of drug-likeness (QED) is 0.465. The molecule has 1 aliphatic rings. The Hall–Kier alpha value is -3.19. The van der Waals surface area contributed by atoms with E-state index in [-0.39, 0.29) is 12.5 Å². The molecule has 1 amide bonds. The Morgan fingerprint density at radius 2 is 1.81 bits per heavy atom. The summed E-state index contributed by atoms with van der Waals surface area (Å²) in [5.74, 6) is 0.611. The zero-order chi connectivity index (χ0) is 22.0. The molecule has 0 spiro atoms. The van der Waals surface area contributed by atoms with E-state index in [9.17, 15) is 9.90 Å². The van der Waals surface area contributed by atoms with Crippen LogP contribution in [0, 0.1) is 0 Å². The van der Waals surface area contributed by atoms with E-state index in [1.165, 1.54) is 0 Å². The van der Waals surface area contributed by atoms with Crippen LogP contribution < -0.4 is 4.90 Å². The molecule has 0 bridgehead atoms. The number of nitrogens with zero attached hydrogens (tertiary/aromatic N) is 4. The van der Waals surface area contributed by atoms with Crippen molar-refractivity contribution in [2.45, 2.75) is 52.3 Å². The first-order valence-corrected chi connectivity index (χ1v) is 10.6. The van der Waals surface area contributed by atoms with Crippen molar-refractivity contribution in [3.05, 3.63) is 59.9 Å². The number of hydrogen-bond acceptors (Lipinski definition) is 5. The number of imidazole rings is 1. The average molecular weight is 421 g/mol. The first-order chi connectivity index (χ1) is 14.9. The standard InChI is InChI=1S/C24H28N4O3/c1-24(2,3)31-26-22-17-10-4-6-12-19(17)28(23(22)30)16-21-25-18-11-5-7-13-20(18)27(21)14-8-9-15-29/h4-7,10-13,29H,8-9,14-16H2,1-3H3. The summed E-state index contributed by atoms with van der Waals surface area (Å²) >= 11 is 0. The smallest absolute Gasteiger partial charge is 0.281 e. The second-order valence-corrected chi connectivity index (χ2v) is 8.65. The molecule has 0 saturated heterocycles. The van der Waals surface area contributed by atoms with E-state index >= 15 is 0 Å². The topological polar surface area (TPSA) is 80.0 Å². The Morgan fingerprint density at radius 3 is 2.58 bits per heavy atom. The van der Waals surface area contributed by atoms with Gasteiger partial charge in [-0.15, -0.1) is 0 Å². The summed E-state index contributed by atoms with van der Waals surface area (Å²) in [5.41, 5.74) is 3.31. The van der Waals surface area contributed by atoms with Gasteiger partial charge in [0.15, 0.2) is 5.71 Å². The highest BCUT2D eigenvalue weighted by atomic mass is 16.6. The number of carbonyl (C=O) groups is 1. The van der Waals surface area contributed by atoms with Gasteiger partial charge in [0.05, 0.1) is 23.3 Å². The van der Waals surface area contributed by atoms with Gasteiger partial charge in [0.25, 0.3) is 5.91 Å². The Balaban J connectivity index is 1.70. The maximum Gasteiger partial charge on any atom is 0.281 e. The molecule has 7 nitrogen and oxygen atoms in total. The molecule has 162 valence electrons. The number of benzene rings is 2. The zero-order valence-electron chi connectivity index (χ0n) is 18.2. The van der Waals surface area contributed by atoms with Crippen molar-refractivity contribution in [1.29, 1.82) is 0 Å². The molecule has 1 aromatic heterocycles. The van der Waals surface area contributed by atoms with E-state index in [0.717, 1.165) is 47.5 Å². The molecule has 0 fully saturated rings. The largest absolute Gasteiger partial charge is 0.396 e. The number of aliphatic hydroxyl groups is 1. The summed E-state index contributed by atoms with van der Waals surface area (Å²) in [4.78, 5) is 25.4. The van der Waals surface area contributed by atoms with Gasteiger partial charge in [-0.1, -0.05) is 35.5 Å². The number of amides is 1. The molecule has 31 heavy (non-hydrogen) atoms. The zero-order valence-corrected chi connectivity index (χ0v) is 18.2. The lowest BCUT2D eigenvalue weighted by molar-refractivity contribution is -0.112. The average Bonchev–Trinajstić information content (AvgIpc) is 3.22. The van der Waals surface area contributed by atoms with Gasteiger partial charge >= 0.3 is 0 Å². The van der Waals surface area contributed by atoms with E-state index in [1.807, 2.05) is 69.3 Å². The van der Waals surface area contributed by atoms with Crippen molar-refractivity contribution in [1.82, 2.24) is 9.55 Å². The fourth-order valence-electron chi connectivity index (χ4n) is 3.71. The highest BCUT2D eigenvalue weighted by molar-refractivity contribution is 6.54. The van der Waals surface area contributed by atoms with Gasteiger partial charge in [-0.3, -0.25) is 9.69 Å². The molecule has 0 aliphatic carbocycles. The Bertz CT molecular complexity index is 1130. The number of rotatable bonds is 7. The Morgan fingerprint density at radius 1 is 1.06 bits per heavy atom. The van der Waals surface area contributed by atoms with Crippen molar-refractivity contribution in [3.8, 4) is 0 Å². The van der Waals surface area contributed by atoms with Gasteiger partial charge in [-0.2, -0.15) is 0 Å². The van der Waals surface area contributed by atoms with E-state index in [4.69, 9.17) is 9.82 Å². The summed E-state index contributed by atoms with van der Waals surface area (Å²) < 4.78 is 2.14. The number of anilines is 1. The molecule has 1 N–H and O–H groups in total. The molecule has 2 aromatic carbocycles. The summed E-state index contributed by atoms with van der Waals surface area (Å²) in [5, 5.41) is 13.4. The lowest BCUT2D eigenvalue weighted by Gasteiger charge is -2.18. The molecular weight excluding hydrogens is 392 g/mol. The van der Waals surface area contributed by atoms with Crippen LogP contribution in [0.3, 0.4) is 0 Å². The van der Waals surface area contributed by atoms with Gasteiger partial charge in [-0.05, 0) is 51.8 Å². The first kappa shape index (κ1) is 21.1. The maximum absolute atomic E-state index is 13.3. The van der Waals surface area contributed by atoms with Crippen LogP contribution in [-0.4, -0.2) is 38.5 Å². The fraction of sp³-hybridized carbons (Fsp3) is 0.375. The number of para-hydroxylation sites is 3. The third-order valence-electron chi connectivity index (χ3n) is 5.13. The first-order valence-electron chi connectivity index (χ1n) is 10.6. The van der Waals surface area contributed by atoms with Gasteiger partial charge in [0.2, 0.25) is 0 Å². The third-order valence-corrected chi connectivity index (χ3v) is 5.13. The molecule has 1 aliphatic heterocycles. The highest BCUT2D eigenvalue weighted by Crippen LogP contribution is 2.31. The minimum absolute atomic E-state index is 0.160. The summed E-state index contributed by atoms with van der Waals surface area (Å²) in [6.45, 7) is 6.92. The molecule has 0 radical (unpaired) electrons. The molecule has 2 heterocycles. The molecule has 0 unspecified atom stereocenters. The minimum atomic E-state index is -0.490. The van der Waals surface area contributed by atoms with Crippen LogP contribution in [0.15, 0.2) is 53.7 Å². The third kappa shape index (κ3) is 4.32. The van der Waals surface area contributed by atoms with Crippen LogP contribution in [-0.2, 0) is 22.7 Å². The number of aryl methyl sites for hydroxylation is 1. The second kappa shape index (κ2) is 8.51. The number of oxime groups is 1. The minimum Gasteiger partial charge on any atom is -0.396 e. The summed E-state index contributed by atoms with van der Waals surface area (Å²) in [6, 6.07) is 15.6. The molecule has 3 aromatic rings. The lowest BCUT2D eigenvalue weighted by Crippen LogP contribution is -2.31. The number of aliphatic hydroxyl groups excluding tert-OH is 1. The van der Waals surface area contributed by atoms with Gasteiger partial charge in [-0.25, -0.2) is 4.98 Å². The van der Waals surface area contributed by atoms with Crippen molar-refractivity contribution in [2.75, 3.05) is 11.5 Å². The SMILES string of the molecule is CC(C)(C)ON=C1C(=O)N(Cc2nc3ccccc3n2CCCCO)c2ccccc21. The van der Waals surface area contributed by atoms with Crippen LogP contribution in [0.1, 0.15) is 45.0 Å². The van der Waals surface area contributed by atoms with E-state index in [0.29, 0.717) is 12.3 Å². The van der Waals surface area contributed by atoms with Crippen molar-refractivity contribution in [2.24, 2.45) is 5.16 Å². The highest BCUT2D eigenvalue weighted by Gasteiger charge is 2.35. The van der Waals surface area contributed by atoms with Crippen molar-refractivity contribution < 1.29 is 14.7 Å². The Labute approximate surface area is 181 Å². The van der Waals surface area contributed by atoms with Crippen molar-refractivity contribution in [3.63, 3.8) is 0 Å². The molecular formula is C24H28N4O3. The number of carbonyl (C=O) groups excluding carboxylic acids is 1. The maximum atomic E-state index is 13.3. The number of unbranched alkanes of at least 4 members (excludes halogenated alkanes) is 1. The van der Waals surface area contributed by atoms with E-state index < -0.39 is 5.60 Å².